The molecule has 0 amide bonds. The molecule has 76 valence electrons. The Morgan fingerprint density at radius 1 is 1.36 bits per heavy atom. The van der Waals surface area contributed by atoms with Gasteiger partial charge in [0.05, 0.1) is 12.5 Å². The minimum Gasteiger partial charge on any atom is -0.323 e. The number of halogens is 1. The van der Waals surface area contributed by atoms with Gasteiger partial charge in [-0.1, -0.05) is 18.2 Å². The van der Waals surface area contributed by atoms with Crippen LogP contribution in [0.15, 0.2) is 18.2 Å². The highest BCUT2D eigenvalue weighted by atomic mass is 35.5. The van der Waals surface area contributed by atoms with Gasteiger partial charge in [-0.3, -0.25) is 0 Å². The predicted octanol–water partition coefficient (Wildman–Crippen LogP) is 2.64. The third-order valence-electron chi connectivity index (χ3n) is 2.27. The highest BCUT2D eigenvalue weighted by Crippen LogP contribution is 2.17. The fourth-order valence-corrected chi connectivity index (χ4v) is 1.21. The lowest BCUT2D eigenvalue weighted by Gasteiger charge is -2.09. The summed E-state index contributed by atoms with van der Waals surface area (Å²) in [5.74, 6) is 0. The largest absolute Gasteiger partial charge is 0.323 e. The van der Waals surface area contributed by atoms with Crippen LogP contribution >= 0.6 is 12.4 Å². The minimum absolute atomic E-state index is 0. The van der Waals surface area contributed by atoms with E-state index in [0.29, 0.717) is 6.42 Å². The van der Waals surface area contributed by atoms with E-state index in [-0.39, 0.29) is 18.4 Å². The molecule has 14 heavy (non-hydrogen) atoms. The zero-order chi connectivity index (χ0) is 9.84. The number of aryl methyl sites for hydroxylation is 2. The molecule has 0 aliphatic rings. The average Bonchev–Trinajstić information content (AvgIpc) is 2.10. The second-order valence-electron chi connectivity index (χ2n) is 3.31. The van der Waals surface area contributed by atoms with Crippen LogP contribution in [0.1, 0.15) is 29.2 Å². The highest BCUT2D eigenvalue weighted by Gasteiger charge is 2.05. The SMILES string of the molecule is Cc1ccc([C@@H](N)CC#N)cc1C.Cl. The molecule has 3 heteroatoms. The quantitative estimate of drug-likeness (QED) is 0.816. The summed E-state index contributed by atoms with van der Waals surface area (Å²) >= 11 is 0. The molecule has 0 saturated heterocycles. The summed E-state index contributed by atoms with van der Waals surface area (Å²) in [4.78, 5) is 0. The number of rotatable bonds is 2. The number of benzene rings is 1. The van der Waals surface area contributed by atoms with E-state index in [2.05, 4.69) is 26.0 Å². The molecule has 2 nitrogen and oxygen atoms in total. The first-order valence-corrected chi connectivity index (χ1v) is 4.35. The highest BCUT2D eigenvalue weighted by molar-refractivity contribution is 5.85. The zero-order valence-corrected chi connectivity index (χ0v) is 9.27. The van der Waals surface area contributed by atoms with Gasteiger partial charge in [0.15, 0.2) is 0 Å². The molecule has 0 saturated carbocycles. The Kier molecular flexibility index (Phi) is 5.22. The molecule has 0 heterocycles. The Hall–Kier alpha value is -1.04. The summed E-state index contributed by atoms with van der Waals surface area (Å²) in [6.45, 7) is 4.12. The van der Waals surface area contributed by atoms with E-state index in [1.807, 2.05) is 12.1 Å². The Labute approximate surface area is 91.1 Å². The maximum Gasteiger partial charge on any atom is 0.0641 e. The molecule has 1 aromatic rings. The summed E-state index contributed by atoms with van der Waals surface area (Å²) < 4.78 is 0. The molecule has 2 N–H and O–H groups in total. The summed E-state index contributed by atoms with van der Waals surface area (Å²) in [7, 11) is 0. The van der Waals surface area contributed by atoms with Crippen LogP contribution in [0.25, 0.3) is 0 Å². The fourth-order valence-electron chi connectivity index (χ4n) is 1.21. The fraction of sp³-hybridized carbons (Fsp3) is 0.364. The van der Waals surface area contributed by atoms with E-state index in [9.17, 15) is 0 Å². The van der Waals surface area contributed by atoms with Gasteiger partial charge in [-0.05, 0) is 30.5 Å². The second-order valence-corrected chi connectivity index (χ2v) is 3.31. The van der Waals surface area contributed by atoms with Crippen molar-refractivity contribution in [1.82, 2.24) is 0 Å². The zero-order valence-electron chi connectivity index (χ0n) is 8.45. The van der Waals surface area contributed by atoms with Crippen LogP contribution < -0.4 is 5.73 Å². The molecule has 0 radical (unpaired) electrons. The van der Waals surface area contributed by atoms with Crippen molar-refractivity contribution < 1.29 is 0 Å². The molecule has 0 bridgehead atoms. The van der Waals surface area contributed by atoms with E-state index < -0.39 is 0 Å². The van der Waals surface area contributed by atoms with Gasteiger partial charge in [-0.15, -0.1) is 12.4 Å². The standard InChI is InChI=1S/C11H14N2.ClH/c1-8-3-4-10(7-9(8)2)11(13)5-6-12;/h3-4,7,11H,5,13H2,1-2H3;1H/t11-;/m0./s1. The van der Waals surface area contributed by atoms with Crippen molar-refractivity contribution in [2.45, 2.75) is 26.3 Å². The van der Waals surface area contributed by atoms with E-state index in [4.69, 9.17) is 11.0 Å². The lowest BCUT2D eigenvalue weighted by Crippen LogP contribution is -2.09. The Balaban J connectivity index is 0.00000169. The Bertz CT molecular complexity index is 342. The molecule has 0 aliphatic heterocycles. The van der Waals surface area contributed by atoms with Crippen LogP contribution in [-0.2, 0) is 0 Å². The van der Waals surface area contributed by atoms with Crippen LogP contribution in [0.3, 0.4) is 0 Å². The second kappa shape index (κ2) is 5.64. The van der Waals surface area contributed by atoms with Gasteiger partial charge >= 0.3 is 0 Å². The molecule has 0 spiro atoms. The number of hydrogen-bond acceptors (Lipinski definition) is 2. The maximum absolute atomic E-state index is 8.49. The van der Waals surface area contributed by atoms with Gasteiger partial charge in [0.25, 0.3) is 0 Å². The van der Waals surface area contributed by atoms with Crippen LogP contribution in [0.5, 0.6) is 0 Å². The Morgan fingerprint density at radius 3 is 2.50 bits per heavy atom. The van der Waals surface area contributed by atoms with Crippen molar-refractivity contribution in [3.8, 4) is 6.07 Å². The van der Waals surface area contributed by atoms with E-state index in [1.165, 1.54) is 11.1 Å². The van der Waals surface area contributed by atoms with Gasteiger partial charge < -0.3 is 5.73 Å². The molecule has 1 rings (SSSR count). The first-order valence-electron chi connectivity index (χ1n) is 4.35. The lowest BCUT2D eigenvalue weighted by atomic mass is 10.0. The van der Waals surface area contributed by atoms with Gasteiger partial charge in [0, 0.05) is 6.04 Å². The monoisotopic (exact) mass is 210 g/mol. The molecular weight excluding hydrogens is 196 g/mol. The van der Waals surface area contributed by atoms with Crippen LogP contribution in [0.4, 0.5) is 0 Å². The van der Waals surface area contributed by atoms with Crippen LogP contribution in [0.2, 0.25) is 0 Å². The number of hydrogen-bond donors (Lipinski definition) is 1. The van der Waals surface area contributed by atoms with Crippen LogP contribution in [-0.4, -0.2) is 0 Å². The molecule has 0 aromatic heterocycles. The van der Waals surface area contributed by atoms with E-state index in [0.717, 1.165) is 5.56 Å². The van der Waals surface area contributed by atoms with Gasteiger partial charge in [-0.25, -0.2) is 0 Å². The van der Waals surface area contributed by atoms with Gasteiger partial charge in [0.2, 0.25) is 0 Å². The molecule has 0 aliphatic carbocycles. The van der Waals surface area contributed by atoms with Gasteiger partial charge in [-0.2, -0.15) is 5.26 Å². The molecule has 1 atom stereocenters. The van der Waals surface area contributed by atoms with Crippen molar-refractivity contribution in [1.29, 1.82) is 5.26 Å². The van der Waals surface area contributed by atoms with Crippen molar-refractivity contribution in [3.05, 3.63) is 34.9 Å². The average molecular weight is 211 g/mol. The van der Waals surface area contributed by atoms with Crippen molar-refractivity contribution in [2.75, 3.05) is 0 Å². The smallest absolute Gasteiger partial charge is 0.0641 e. The predicted molar refractivity (Wildman–Crippen MR) is 60.3 cm³/mol. The third kappa shape index (κ3) is 3.02. The molecular formula is C11H15ClN2. The molecule has 1 aromatic carbocycles. The number of nitriles is 1. The van der Waals surface area contributed by atoms with Crippen molar-refractivity contribution in [3.63, 3.8) is 0 Å². The summed E-state index contributed by atoms with van der Waals surface area (Å²) in [5, 5.41) is 8.49. The van der Waals surface area contributed by atoms with Gasteiger partial charge in [0.1, 0.15) is 0 Å². The number of nitrogens with zero attached hydrogens (tertiary/aromatic N) is 1. The topological polar surface area (TPSA) is 49.8 Å². The normalized spacial score (nSPS) is 11.3. The first kappa shape index (κ1) is 13.0. The lowest BCUT2D eigenvalue weighted by molar-refractivity contribution is 0.747. The van der Waals surface area contributed by atoms with Crippen LogP contribution in [0, 0.1) is 25.2 Å². The number of nitrogens with two attached hydrogens (primary N) is 1. The van der Waals surface area contributed by atoms with Crippen molar-refractivity contribution >= 4 is 12.4 Å². The molecule has 0 unspecified atom stereocenters. The molecule has 0 fully saturated rings. The minimum atomic E-state index is -0.149. The summed E-state index contributed by atoms with van der Waals surface area (Å²) in [6, 6.07) is 8.01. The first-order chi connectivity index (χ1) is 6.15. The van der Waals surface area contributed by atoms with Crippen molar-refractivity contribution in [2.24, 2.45) is 5.73 Å². The maximum atomic E-state index is 8.49. The Morgan fingerprint density at radius 2 is 2.00 bits per heavy atom. The summed E-state index contributed by atoms with van der Waals surface area (Å²) in [6.07, 6.45) is 0.377. The van der Waals surface area contributed by atoms with E-state index >= 15 is 0 Å². The summed E-state index contributed by atoms with van der Waals surface area (Å²) in [5.41, 5.74) is 9.33. The third-order valence-corrected chi connectivity index (χ3v) is 2.27. The van der Waals surface area contributed by atoms with E-state index in [1.54, 1.807) is 0 Å².